The van der Waals surface area contributed by atoms with Gasteiger partial charge in [0, 0.05) is 45.3 Å². The second-order valence-corrected chi connectivity index (χ2v) is 7.81. The Morgan fingerprint density at radius 3 is 2.52 bits per heavy atom. The minimum Gasteiger partial charge on any atom is -0.336 e. The van der Waals surface area contributed by atoms with Gasteiger partial charge < -0.3 is 9.88 Å². The van der Waals surface area contributed by atoms with E-state index in [0.717, 1.165) is 26.1 Å². The fraction of sp³-hybridized carbons (Fsp3) is 0.318. The van der Waals surface area contributed by atoms with Gasteiger partial charge in [-0.25, -0.2) is 0 Å². The average molecular weight is 409 g/mol. The summed E-state index contributed by atoms with van der Waals surface area (Å²) in [6.07, 6.45) is 1.02. The Hall–Kier alpha value is -2.77. The van der Waals surface area contributed by atoms with Gasteiger partial charge >= 0.3 is 0 Å². The lowest BCUT2D eigenvalue weighted by Gasteiger charge is -2.34. The highest BCUT2D eigenvalue weighted by Gasteiger charge is 2.22. The van der Waals surface area contributed by atoms with Crippen molar-refractivity contribution in [2.75, 3.05) is 32.7 Å². The van der Waals surface area contributed by atoms with E-state index in [1.54, 1.807) is 25.2 Å². The number of nitrogens with one attached hydrogen (secondary N) is 1. The van der Waals surface area contributed by atoms with Crippen LogP contribution >= 0.6 is 12.2 Å². The van der Waals surface area contributed by atoms with E-state index in [2.05, 4.69) is 34.1 Å². The zero-order chi connectivity index (χ0) is 20.4. The van der Waals surface area contributed by atoms with Gasteiger partial charge in [0.25, 0.3) is 11.5 Å². The molecule has 0 bridgehead atoms. The van der Waals surface area contributed by atoms with Crippen LogP contribution in [0.5, 0.6) is 0 Å². The van der Waals surface area contributed by atoms with Gasteiger partial charge in [-0.05, 0) is 42.4 Å². The van der Waals surface area contributed by atoms with E-state index >= 15 is 0 Å². The number of nitrogens with zero attached hydrogens (tertiary/aromatic N) is 3. The molecule has 0 saturated carbocycles. The van der Waals surface area contributed by atoms with E-state index in [1.807, 2.05) is 11.0 Å². The summed E-state index contributed by atoms with van der Waals surface area (Å²) in [6.45, 7) is 4.16. The molecule has 1 amide bonds. The summed E-state index contributed by atoms with van der Waals surface area (Å²) in [5, 5.41) is 0.531. The number of fused-ring (bicyclic) bond motifs is 1. The van der Waals surface area contributed by atoms with Crippen molar-refractivity contribution in [1.82, 2.24) is 19.4 Å². The molecule has 0 atom stereocenters. The molecular weight excluding hydrogens is 384 g/mol. The molecule has 3 aromatic rings. The van der Waals surface area contributed by atoms with Gasteiger partial charge in [0.2, 0.25) is 0 Å². The second kappa shape index (κ2) is 8.31. The van der Waals surface area contributed by atoms with Crippen LogP contribution in [0.15, 0.2) is 53.3 Å². The molecule has 1 N–H and O–H groups in total. The first kappa shape index (κ1) is 19.5. The Labute approximate surface area is 174 Å². The average Bonchev–Trinajstić information content (AvgIpc) is 2.76. The molecule has 4 rings (SSSR count). The number of aromatic nitrogens is 2. The summed E-state index contributed by atoms with van der Waals surface area (Å²) in [4.78, 5) is 32.6. The van der Waals surface area contributed by atoms with Gasteiger partial charge in [-0.3, -0.25) is 19.1 Å². The van der Waals surface area contributed by atoms with E-state index in [1.165, 1.54) is 10.1 Å². The van der Waals surface area contributed by atoms with E-state index in [0.29, 0.717) is 34.3 Å². The summed E-state index contributed by atoms with van der Waals surface area (Å²) in [5.41, 5.74) is 2.36. The normalized spacial score (nSPS) is 15.0. The maximum absolute atomic E-state index is 13.0. The van der Waals surface area contributed by atoms with Crippen LogP contribution in [0, 0.1) is 4.77 Å². The monoisotopic (exact) mass is 408 g/mol. The van der Waals surface area contributed by atoms with Crippen LogP contribution in [0.25, 0.3) is 10.9 Å². The van der Waals surface area contributed by atoms with Crippen molar-refractivity contribution in [2.45, 2.75) is 6.42 Å². The van der Waals surface area contributed by atoms with E-state index in [-0.39, 0.29) is 11.5 Å². The Morgan fingerprint density at radius 2 is 1.79 bits per heavy atom. The second-order valence-electron chi connectivity index (χ2n) is 7.42. The predicted octanol–water partition coefficient (Wildman–Crippen LogP) is 2.60. The molecule has 0 unspecified atom stereocenters. The molecule has 150 valence electrons. The largest absolute Gasteiger partial charge is 0.336 e. The highest BCUT2D eigenvalue weighted by Crippen LogP contribution is 2.14. The van der Waals surface area contributed by atoms with E-state index in [9.17, 15) is 9.59 Å². The Morgan fingerprint density at radius 1 is 1.07 bits per heavy atom. The van der Waals surface area contributed by atoms with Crippen LogP contribution < -0.4 is 5.56 Å². The zero-order valence-electron chi connectivity index (χ0n) is 16.4. The number of H-pyrrole nitrogens is 1. The third-order valence-electron chi connectivity index (χ3n) is 5.57. The fourth-order valence-electron chi connectivity index (χ4n) is 3.73. The van der Waals surface area contributed by atoms with Crippen LogP contribution in [0.1, 0.15) is 15.9 Å². The molecule has 2 heterocycles. The van der Waals surface area contributed by atoms with Crippen LogP contribution in [-0.2, 0) is 13.5 Å². The van der Waals surface area contributed by atoms with Crippen LogP contribution in [0.2, 0.25) is 0 Å². The molecule has 1 aromatic heterocycles. The number of hydrogen-bond acceptors (Lipinski definition) is 4. The minimum absolute atomic E-state index is 0.00500. The molecule has 0 aliphatic carbocycles. The van der Waals surface area contributed by atoms with Gasteiger partial charge in [0.1, 0.15) is 0 Å². The summed E-state index contributed by atoms with van der Waals surface area (Å²) >= 11 is 5.18. The van der Waals surface area contributed by atoms with Gasteiger partial charge in [-0.2, -0.15) is 0 Å². The number of piperazine rings is 1. The van der Waals surface area contributed by atoms with Crippen molar-refractivity contribution in [3.63, 3.8) is 0 Å². The molecule has 6 nitrogen and oxygen atoms in total. The number of carbonyl (C=O) groups is 1. The first-order valence-corrected chi connectivity index (χ1v) is 10.2. The van der Waals surface area contributed by atoms with Crippen molar-refractivity contribution in [1.29, 1.82) is 0 Å². The van der Waals surface area contributed by atoms with Crippen molar-refractivity contribution >= 4 is 29.0 Å². The molecule has 7 heteroatoms. The molecule has 1 aliphatic heterocycles. The molecule has 2 aromatic carbocycles. The standard InChI is InChI=1S/C22H24N4O2S/c1-24-21(28)18-8-7-17(15-19(18)23-22(24)29)20(27)26-13-11-25(12-14-26)10-9-16-5-3-2-4-6-16/h2-8,15H,9-14H2,1H3,(H,23,29). The number of hydrogen-bond donors (Lipinski definition) is 1. The molecule has 0 spiro atoms. The lowest BCUT2D eigenvalue weighted by molar-refractivity contribution is 0.0638. The number of carbonyl (C=O) groups excluding carboxylic acids is 1. The Balaban J connectivity index is 1.41. The molecule has 1 fully saturated rings. The molecular formula is C22H24N4O2S. The van der Waals surface area contributed by atoms with Crippen molar-refractivity contribution < 1.29 is 4.79 Å². The first-order valence-electron chi connectivity index (χ1n) is 9.81. The first-order chi connectivity index (χ1) is 14.0. The zero-order valence-corrected chi connectivity index (χ0v) is 17.2. The van der Waals surface area contributed by atoms with Gasteiger partial charge in [0.05, 0.1) is 10.9 Å². The van der Waals surface area contributed by atoms with Crippen LogP contribution in [0.4, 0.5) is 0 Å². The summed E-state index contributed by atoms with van der Waals surface area (Å²) in [5.74, 6) is -0.00500. The topological polar surface area (TPSA) is 61.3 Å². The summed E-state index contributed by atoms with van der Waals surface area (Å²) < 4.78 is 1.74. The molecule has 29 heavy (non-hydrogen) atoms. The number of rotatable bonds is 4. The van der Waals surface area contributed by atoms with Crippen molar-refractivity contribution in [3.8, 4) is 0 Å². The maximum atomic E-state index is 13.0. The smallest absolute Gasteiger partial charge is 0.261 e. The van der Waals surface area contributed by atoms with E-state index in [4.69, 9.17) is 12.2 Å². The van der Waals surface area contributed by atoms with Crippen molar-refractivity contribution in [3.05, 3.63) is 74.8 Å². The third kappa shape index (κ3) is 4.16. The number of aromatic amines is 1. The quantitative estimate of drug-likeness (QED) is 0.674. The van der Waals surface area contributed by atoms with Gasteiger partial charge in [0.15, 0.2) is 4.77 Å². The van der Waals surface area contributed by atoms with Crippen molar-refractivity contribution in [2.24, 2.45) is 7.05 Å². The minimum atomic E-state index is -0.158. The van der Waals surface area contributed by atoms with E-state index < -0.39 is 0 Å². The fourth-order valence-corrected chi connectivity index (χ4v) is 3.92. The number of benzene rings is 2. The SMILES string of the molecule is Cn1c(=S)[nH]c2cc(C(=O)N3CCN(CCc4ccccc4)CC3)ccc2c1=O. The van der Waals surface area contributed by atoms with Gasteiger partial charge in [-0.15, -0.1) is 0 Å². The van der Waals surface area contributed by atoms with Crippen LogP contribution in [-0.4, -0.2) is 58.0 Å². The lowest BCUT2D eigenvalue weighted by Crippen LogP contribution is -2.49. The summed E-state index contributed by atoms with van der Waals surface area (Å²) in [7, 11) is 1.64. The summed E-state index contributed by atoms with van der Waals surface area (Å²) in [6, 6.07) is 15.6. The van der Waals surface area contributed by atoms with Crippen LogP contribution in [0.3, 0.4) is 0 Å². The maximum Gasteiger partial charge on any atom is 0.261 e. The number of amides is 1. The van der Waals surface area contributed by atoms with Gasteiger partial charge in [-0.1, -0.05) is 30.3 Å². The molecule has 1 aliphatic rings. The molecule has 0 radical (unpaired) electrons. The molecule has 1 saturated heterocycles. The lowest BCUT2D eigenvalue weighted by atomic mass is 10.1. The third-order valence-corrected chi connectivity index (χ3v) is 5.94. The highest BCUT2D eigenvalue weighted by atomic mass is 32.1. The highest BCUT2D eigenvalue weighted by molar-refractivity contribution is 7.71. The Bertz CT molecular complexity index is 1140. The Kier molecular flexibility index (Phi) is 5.60. The predicted molar refractivity (Wildman–Crippen MR) is 117 cm³/mol.